The largest absolute Gasteiger partial charge is 0.496 e. The second-order valence-electron chi connectivity index (χ2n) is 6.36. The molecule has 1 fully saturated rings. The van der Waals surface area contributed by atoms with Gasteiger partial charge in [-0.2, -0.15) is 4.31 Å². The minimum atomic E-state index is -3.45. The summed E-state index contributed by atoms with van der Waals surface area (Å²) in [5.41, 5.74) is 1.73. The van der Waals surface area contributed by atoms with Crippen molar-refractivity contribution >= 4 is 10.0 Å². The Morgan fingerprint density at radius 3 is 2.19 bits per heavy atom. The van der Waals surface area contributed by atoms with E-state index in [1.807, 2.05) is 19.9 Å². The van der Waals surface area contributed by atoms with Crippen LogP contribution in [0.5, 0.6) is 5.75 Å². The third kappa shape index (κ3) is 3.24. The summed E-state index contributed by atoms with van der Waals surface area (Å²) in [5.74, 6) is 1.42. The van der Waals surface area contributed by atoms with Crippen LogP contribution >= 0.6 is 0 Å². The van der Waals surface area contributed by atoms with Crippen molar-refractivity contribution in [1.82, 2.24) is 4.31 Å². The van der Waals surface area contributed by atoms with Crippen LogP contribution in [0.25, 0.3) is 0 Å². The van der Waals surface area contributed by atoms with Crippen molar-refractivity contribution < 1.29 is 13.2 Å². The Hall–Kier alpha value is -1.07. The maximum Gasteiger partial charge on any atom is 0.243 e. The molecule has 5 heteroatoms. The van der Waals surface area contributed by atoms with E-state index < -0.39 is 10.0 Å². The van der Waals surface area contributed by atoms with Crippen LogP contribution in [0.15, 0.2) is 17.0 Å². The van der Waals surface area contributed by atoms with Gasteiger partial charge in [0.25, 0.3) is 0 Å². The van der Waals surface area contributed by atoms with E-state index in [1.54, 1.807) is 17.5 Å². The number of hydrogen-bond donors (Lipinski definition) is 0. The molecule has 0 aliphatic carbocycles. The molecule has 1 aromatic rings. The molecule has 118 valence electrons. The van der Waals surface area contributed by atoms with Crippen LogP contribution in [0.4, 0.5) is 0 Å². The van der Waals surface area contributed by atoms with Crippen molar-refractivity contribution in [3.63, 3.8) is 0 Å². The minimum Gasteiger partial charge on any atom is -0.496 e. The fraction of sp³-hybridized carbons (Fsp3) is 0.625. The van der Waals surface area contributed by atoms with Gasteiger partial charge in [0.15, 0.2) is 0 Å². The van der Waals surface area contributed by atoms with Crippen LogP contribution in [-0.2, 0) is 10.0 Å². The van der Waals surface area contributed by atoms with Crippen molar-refractivity contribution in [3.8, 4) is 5.75 Å². The van der Waals surface area contributed by atoms with E-state index >= 15 is 0 Å². The Kier molecular flexibility index (Phi) is 4.63. The molecule has 1 saturated heterocycles. The number of ether oxygens (including phenoxy) is 1. The molecule has 0 aromatic heterocycles. The Balaban J connectivity index is 2.44. The molecule has 0 amide bonds. The van der Waals surface area contributed by atoms with E-state index in [0.29, 0.717) is 35.6 Å². The molecule has 1 aliphatic rings. The first-order chi connectivity index (χ1) is 9.75. The van der Waals surface area contributed by atoms with Gasteiger partial charge in [-0.15, -0.1) is 0 Å². The summed E-state index contributed by atoms with van der Waals surface area (Å²) in [7, 11) is -1.89. The van der Waals surface area contributed by atoms with Gasteiger partial charge < -0.3 is 4.74 Å². The lowest BCUT2D eigenvalue weighted by Crippen LogP contribution is -2.42. The van der Waals surface area contributed by atoms with Crippen molar-refractivity contribution in [2.75, 3.05) is 20.2 Å². The van der Waals surface area contributed by atoms with Crippen LogP contribution in [0.3, 0.4) is 0 Å². The number of rotatable bonds is 3. The Morgan fingerprint density at radius 2 is 1.67 bits per heavy atom. The molecule has 2 rings (SSSR count). The molecule has 2 atom stereocenters. The maximum atomic E-state index is 12.9. The number of aryl methyl sites for hydroxylation is 2. The predicted octanol–water partition coefficient (Wildman–Crippen LogP) is 2.98. The molecular weight excluding hydrogens is 286 g/mol. The molecule has 1 aromatic carbocycles. The molecule has 0 bridgehead atoms. The summed E-state index contributed by atoms with van der Waals surface area (Å²) in [5, 5.41) is 0. The van der Waals surface area contributed by atoms with Gasteiger partial charge in [0.2, 0.25) is 10.0 Å². The average Bonchev–Trinajstić information content (AvgIpc) is 2.37. The summed E-state index contributed by atoms with van der Waals surface area (Å²) >= 11 is 0. The van der Waals surface area contributed by atoms with Crippen molar-refractivity contribution in [2.45, 2.75) is 39.0 Å². The number of hydrogen-bond acceptors (Lipinski definition) is 3. The zero-order chi connectivity index (χ0) is 15.8. The first-order valence-electron chi connectivity index (χ1n) is 7.41. The van der Waals surface area contributed by atoms with Crippen molar-refractivity contribution in [2.24, 2.45) is 11.8 Å². The van der Waals surface area contributed by atoms with Crippen LogP contribution in [0.2, 0.25) is 0 Å². The van der Waals surface area contributed by atoms with E-state index in [0.717, 1.165) is 17.5 Å². The predicted molar refractivity (Wildman–Crippen MR) is 84.2 cm³/mol. The van der Waals surface area contributed by atoms with E-state index in [2.05, 4.69) is 13.8 Å². The summed E-state index contributed by atoms with van der Waals surface area (Å²) in [6.45, 7) is 9.19. The molecular formula is C16H25NO3S. The monoisotopic (exact) mass is 311 g/mol. The lowest BCUT2D eigenvalue weighted by molar-refractivity contribution is 0.222. The normalized spacial score (nSPS) is 24.0. The third-order valence-corrected chi connectivity index (χ3v) is 6.12. The first-order valence-corrected chi connectivity index (χ1v) is 8.85. The number of piperidine rings is 1. The quantitative estimate of drug-likeness (QED) is 0.862. The minimum absolute atomic E-state index is 0.367. The highest BCUT2D eigenvalue weighted by atomic mass is 32.2. The van der Waals surface area contributed by atoms with Gasteiger partial charge in [-0.3, -0.25) is 0 Å². The van der Waals surface area contributed by atoms with E-state index in [-0.39, 0.29) is 0 Å². The van der Waals surface area contributed by atoms with Gasteiger partial charge in [0, 0.05) is 19.2 Å². The van der Waals surface area contributed by atoms with Crippen LogP contribution in [0.1, 0.15) is 31.4 Å². The SMILES string of the molecule is COc1cc(S(=O)(=O)N2C[C@H](C)C[C@H](C)C2)c(C)cc1C. The molecule has 0 unspecified atom stereocenters. The molecule has 1 heterocycles. The average molecular weight is 311 g/mol. The smallest absolute Gasteiger partial charge is 0.243 e. The van der Waals surface area contributed by atoms with Gasteiger partial charge >= 0.3 is 0 Å². The number of methoxy groups -OCH3 is 1. The topological polar surface area (TPSA) is 46.6 Å². The summed E-state index contributed by atoms with van der Waals surface area (Å²) < 4.78 is 32.8. The molecule has 0 radical (unpaired) electrons. The number of nitrogens with zero attached hydrogens (tertiary/aromatic N) is 1. The van der Waals surface area contributed by atoms with E-state index in [4.69, 9.17) is 4.74 Å². The zero-order valence-corrected chi connectivity index (χ0v) is 14.3. The molecule has 1 aliphatic heterocycles. The second-order valence-corrected chi connectivity index (χ2v) is 8.26. The van der Waals surface area contributed by atoms with Gasteiger partial charge in [-0.25, -0.2) is 8.42 Å². The number of sulfonamides is 1. The van der Waals surface area contributed by atoms with Crippen LogP contribution in [-0.4, -0.2) is 32.9 Å². The van der Waals surface area contributed by atoms with Crippen LogP contribution in [0, 0.1) is 25.7 Å². The second kappa shape index (κ2) is 5.97. The van der Waals surface area contributed by atoms with E-state index in [9.17, 15) is 8.42 Å². The van der Waals surface area contributed by atoms with Crippen LogP contribution < -0.4 is 4.74 Å². The van der Waals surface area contributed by atoms with Gasteiger partial charge in [0.1, 0.15) is 5.75 Å². The van der Waals surface area contributed by atoms with Gasteiger partial charge in [0.05, 0.1) is 12.0 Å². The Labute approximate surface area is 128 Å². The molecule has 4 nitrogen and oxygen atoms in total. The first kappa shape index (κ1) is 16.3. The Morgan fingerprint density at radius 1 is 1.10 bits per heavy atom. The fourth-order valence-corrected chi connectivity index (χ4v) is 5.15. The van der Waals surface area contributed by atoms with Gasteiger partial charge in [-0.05, 0) is 43.2 Å². The number of benzene rings is 1. The molecule has 0 saturated carbocycles. The zero-order valence-electron chi connectivity index (χ0n) is 13.5. The van der Waals surface area contributed by atoms with Crippen molar-refractivity contribution in [3.05, 3.63) is 23.3 Å². The lowest BCUT2D eigenvalue weighted by Gasteiger charge is -2.34. The highest BCUT2D eigenvalue weighted by Gasteiger charge is 2.32. The van der Waals surface area contributed by atoms with Gasteiger partial charge in [-0.1, -0.05) is 19.9 Å². The highest BCUT2D eigenvalue weighted by Crippen LogP contribution is 2.31. The molecule has 0 N–H and O–H groups in total. The lowest BCUT2D eigenvalue weighted by atomic mass is 9.94. The Bertz CT molecular complexity index is 615. The summed E-state index contributed by atoms with van der Waals surface area (Å²) in [4.78, 5) is 0.367. The highest BCUT2D eigenvalue weighted by molar-refractivity contribution is 7.89. The van der Waals surface area contributed by atoms with Crippen molar-refractivity contribution in [1.29, 1.82) is 0 Å². The molecule has 0 spiro atoms. The standard InChI is InChI=1S/C16H25NO3S/c1-11-6-12(2)10-17(9-11)21(18,19)16-8-15(20-5)13(3)7-14(16)4/h7-8,11-12H,6,9-10H2,1-5H3/t11-,12+. The fourth-order valence-electron chi connectivity index (χ4n) is 3.25. The van der Waals surface area contributed by atoms with E-state index in [1.165, 1.54) is 0 Å². The third-order valence-electron chi connectivity index (χ3n) is 4.15. The maximum absolute atomic E-state index is 12.9. The molecule has 21 heavy (non-hydrogen) atoms. The summed E-state index contributed by atoms with van der Waals surface area (Å²) in [6, 6.07) is 3.53. The summed E-state index contributed by atoms with van der Waals surface area (Å²) in [6.07, 6.45) is 1.09.